The summed E-state index contributed by atoms with van der Waals surface area (Å²) in [6.07, 6.45) is 0. The topological polar surface area (TPSA) is 57.3 Å². The van der Waals surface area contributed by atoms with Gasteiger partial charge in [0.2, 0.25) is 0 Å². The summed E-state index contributed by atoms with van der Waals surface area (Å²) < 4.78 is 0. The maximum atomic E-state index is 12.9. The van der Waals surface area contributed by atoms with Crippen LogP contribution in [-0.4, -0.2) is 43.0 Å². The Bertz CT molecular complexity index is 1160. The van der Waals surface area contributed by atoms with Gasteiger partial charge in [-0.3, -0.25) is 4.79 Å². The maximum absolute atomic E-state index is 12.9. The number of rotatable bonds is 6. The fourth-order valence-corrected chi connectivity index (χ4v) is 3.39. The third kappa shape index (κ3) is 4.05. The predicted molar refractivity (Wildman–Crippen MR) is 120 cm³/mol. The monoisotopic (exact) mass is 384 g/mol. The van der Waals surface area contributed by atoms with E-state index in [9.17, 15) is 4.79 Å². The van der Waals surface area contributed by atoms with Gasteiger partial charge in [0.25, 0.3) is 5.91 Å². The van der Waals surface area contributed by atoms with Crippen molar-refractivity contribution in [3.63, 3.8) is 0 Å². The van der Waals surface area contributed by atoms with E-state index in [1.165, 1.54) is 0 Å². The molecule has 0 saturated carbocycles. The maximum Gasteiger partial charge on any atom is 0.253 e. The van der Waals surface area contributed by atoms with Gasteiger partial charge in [-0.05, 0) is 38.4 Å². The van der Waals surface area contributed by atoms with Crippen LogP contribution >= 0.6 is 0 Å². The van der Waals surface area contributed by atoms with Crippen molar-refractivity contribution in [2.45, 2.75) is 0 Å². The first-order chi connectivity index (χ1) is 14.1. The number of aromatic nitrogens is 1. The molecular formula is C24H24N4O. The highest BCUT2D eigenvalue weighted by molar-refractivity contribution is 6.14. The number of pyridine rings is 1. The standard InChI is InChI=1S/C24H24N4O/c1-28(2)16-15-25-24(29)20-13-8-12-19-22(26-17-9-4-3-5-10-17)18-11-6-7-14-21(18)27-23(19)20/h3-14H,15-16H2,1-2H3,(H,25,29)(H,26,27). The van der Waals surface area contributed by atoms with E-state index in [1.54, 1.807) is 0 Å². The molecule has 0 aliphatic heterocycles. The lowest BCUT2D eigenvalue weighted by Gasteiger charge is -2.15. The van der Waals surface area contributed by atoms with E-state index in [4.69, 9.17) is 4.98 Å². The normalized spacial score (nSPS) is 11.1. The van der Waals surface area contributed by atoms with Crippen molar-refractivity contribution in [1.82, 2.24) is 15.2 Å². The van der Waals surface area contributed by atoms with Crippen LogP contribution in [0, 0.1) is 0 Å². The van der Waals surface area contributed by atoms with E-state index >= 15 is 0 Å². The van der Waals surface area contributed by atoms with Crippen molar-refractivity contribution in [1.29, 1.82) is 0 Å². The second-order valence-corrected chi connectivity index (χ2v) is 7.26. The quantitative estimate of drug-likeness (QED) is 0.483. The van der Waals surface area contributed by atoms with Crippen molar-refractivity contribution >= 4 is 39.1 Å². The van der Waals surface area contributed by atoms with Gasteiger partial charge >= 0.3 is 0 Å². The molecule has 0 saturated heterocycles. The Balaban J connectivity index is 1.83. The molecule has 4 aromatic rings. The first kappa shape index (κ1) is 18.9. The number of benzene rings is 3. The van der Waals surface area contributed by atoms with E-state index in [0.717, 1.165) is 34.2 Å². The molecule has 146 valence electrons. The molecule has 0 unspecified atom stereocenters. The number of anilines is 2. The van der Waals surface area contributed by atoms with Crippen LogP contribution in [0.2, 0.25) is 0 Å². The summed E-state index contributed by atoms with van der Waals surface area (Å²) in [4.78, 5) is 19.7. The summed E-state index contributed by atoms with van der Waals surface area (Å²) in [5.41, 5.74) is 4.09. The molecule has 2 N–H and O–H groups in total. The zero-order valence-electron chi connectivity index (χ0n) is 16.6. The van der Waals surface area contributed by atoms with E-state index in [1.807, 2.05) is 85.7 Å². The van der Waals surface area contributed by atoms with E-state index in [-0.39, 0.29) is 5.91 Å². The highest BCUT2D eigenvalue weighted by Crippen LogP contribution is 2.34. The van der Waals surface area contributed by atoms with Gasteiger partial charge in [-0.25, -0.2) is 4.98 Å². The minimum Gasteiger partial charge on any atom is -0.354 e. The van der Waals surface area contributed by atoms with Gasteiger partial charge in [0.15, 0.2) is 0 Å². The Morgan fingerprint density at radius 2 is 1.62 bits per heavy atom. The molecule has 5 nitrogen and oxygen atoms in total. The van der Waals surface area contributed by atoms with E-state index < -0.39 is 0 Å². The number of hydrogen-bond donors (Lipinski definition) is 2. The van der Waals surface area contributed by atoms with E-state index in [0.29, 0.717) is 17.6 Å². The number of amides is 1. The number of carbonyl (C=O) groups is 1. The molecule has 0 bridgehead atoms. The number of hydrogen-bond acceptors (Lipinski definition) is 4. The lowest BCUT2D eigenvalue weighted by Crippen LogP contribution is -2.31. The lowest BCUT2D eigenvalue weighted by atomic mass is 10.0. The molecule has 0 atom stereocenters. The van der Waals surface area contributed by atoms with Crippen LogP contribution in [0.1, 0.15) is 10.4 Å². The molecule has 0 radical (unpaired) electrons. The Hall–Kier alpha value is -3.44. The highest BCUT2D eigenvalue weighted by atomic mass is 16.1. The van der Waals surface area contributed by atoms with Crippen LogP contribution in [0.4, 0.5) is 11.4 Å². The fourth-order valence-electron chi connectivity index (χ4n) is 3.39. The number of nitrogens with zero attached hydrogens (tertiary/aromatic N) is 2. The molecule has 0 spiro atoms. The Morgan fingerprint density at radius 1 is 0.897 bits per heavy atom. The van der Waals surface area contributed by atoms with Gasteiger partial charge in [0.1, 0.15) is 0 Å². The number of likely N-dealkylation sites (N-methyl/N-ethyl adjacent to an activating group) is 1. The summed E-state index contributed by atoms with van der Waals surface area (Å²) in [6.45, 7) is 1.37. The second-order valence-electron chi connectivity index (χ2n) is 7.26. The lowest BCUT2D eigenvalue weighted by molar-refractivity contribution is 0.0952. The first-order valence-electron chi connectivity index (χ1n) is 9.70. The number of fused-ring (bicyclic) bond motifs is 2. The van der Waals surface area contributed by atoms with Crippen LogP contribution in [0.25, 0.3) is 21.8 Å². The third-order valence-corrected chi connectivity index (χ3v) is 4.84. The van der Waals surface area contributed by atoms with Crippen LogP contribution in [0.3, 0.4) is 0 Å². The van der Waals surface area contributed by atoms with Crippen LogP contribution < -0.4 is 10.6 Å². The predicted octanol–water partition coefficient (Wildman–Crippen LogP) is 4.42. The summed E-state index contributed by atoms with van der Waals surface area (Å²) in [5.74, 6) is -0.106. The van der Waals surface area contributed by atoms with Crippen LogP contribution in [0.15, 0.2) is 72.8 Å². The summed E-state index contributed by atoms with van der Waals surface area (Å²) >= 11 is 0. The molecule has 0 aliphatic carbocycles. The van der Waals surface area contributed by atoms with Gasteiger partial charge in [-0.1, -0.05) is 48.5 Å². The average molecular weight is 384 g/mol. The fraction of sp³-hybridized carbons (Fsp3) is 0.167. The SMILES string of the molecule is CN(C)CCNC(=O)c1cccc2c(Nc3ccccc3)c3ccccc3nc12. The molecule has 0 aliphatic rings. The van der Waals surface area contributed by atoms with Gasteiger partial charge in [0, 0.05) is 29.5 Å². The molecule has 1 heterocycles. The Labute approximate surface area is 170 Å². The van der Waals surface area contributed by atoms with E-state index in [2.05, 4.69) is 16.7 Å². The van der Waals surface area contributed by atoms with Gasteiger partial charge in [-0.2, -0.15) is 0 Å². The molecule has 4 rings (SSSR count). The summed E-state index contributed by atoms with van der Waals surface area (Å²) in [6, 6.07) is 23.8. The molecule has 5 heteroatoms. The first-order valence-corrected chi connectivity index (χ1v) is 9.70. The molecule has 1 amide bonds. The van der Waals surface area contributed by atoms with Crippen molar-refractivity contribution < 1.29 is 4.79 Å². The smallest absolute Gasteiger partial charge is 0.253 e. The molecule has 29 heavy (non-hydrogen) atoms. The largest absolute Gasteiger partial charge is 0.354 e. The Kier molecular flexibility index (Phi) is 5.40. The van der Waals surface area contributed by atoms with Crippen molar-refractivity contribution in [3.8, 4) is 0 Å². The zero-order chi connectivity index (χ0) is 20.2. The molecule has 1 aromatic heterocycles. The molecular weight excluding hydrogens is 360 g/mol. The second kappa shape index (κ2) is 8.29. The molecule has 3 aromatic carbocycles. The van der Waals surface area contributed by atoms with Gasteiger partial charge in [0.05, 0.1) is 22.3 Å². The minimum absolute atomic E-state index is 0.106. The van der Waals surface area contributed by atoms with Crippen molar-refractivity contribution in [2.75, 3.05) is 32.5 Å². The number of para-hydroxylation sites is 3. The zero-order valence-corrected chi connectivity index (χ0v) is 16.6. The highest BCUT2D eigenvalue weighted by Gasteiger charge is 2.16. The number of nitrogens with one attached hydrogen (secondary N) is 2. The average Bonchev–Trinajstić information content (AvgIpc) is 2.73. The summed E-state index contributed by atoms with van der Waals surface area (Å²) in [7, 11) is 3.97. The summed E-state index contributed by atoms with van der Waals surface area (Å²) in [5, 5.41) is 8.48. The van der Waals surface area contributed by atoms with Gasteiger partial charge < -0.3 is 15.5 Å². The Morgan fingerprint density at radius 3 is 2.41 bits per heavy atom. The third-order valence-electron chi connectivity index (χ3n) is 4.84. The number of carbonyl (C=O) groups excluding carboxylic acids is 1. The van der Waals surface area contributed by atoms with Gasteiger partial charge in [-0.15, -0.1) is 0 Å². The van der Waals surface area contributed by atoms with Crippen LogP contribution in [0.5, 0.6) is 0 Å². The van der Waals surface area contributed by atoms with Crippen molar-refractivity contribution in [3.05, 3.63) is 78.4 Å². The minimum atomic E-state index is -0.106. The van der Waals surface area contributed by atoms with Crippen molar-refractivity contribution in [2.24, 2.45) is 0 Å². The molecule has 0 fully saturated rings. The van der Waals surface area contributed by atoms with Crippen LogP contribution in [-0.2, 0) is 0 Å².